The number of ether oxygens (including phenoxy) is 2. The Morgan fingerprint density at radius 1 is 1.15 bits per heavy atom. The van der Waals surface area contributed by atoms with E-state index in [-0.39, 0.29) is 6.79 Å². The summed E-state index contributed by atoms with van der Waals surface area (Å²) in [5.74, 6) is 2.90. The first-order valence-electron chi connectivity index (χ1n) is 6.65. The molecule has 1 aromatic heterocycles. The molecule has 1 fully saturated rings. The molecule has 4 nitrogen and oxygen atoms in total. The van der Waals surface area contributed by atoms with Crippen molar-refractivity contribution < 1.29 is 9.47 Å². The van der Waals surface area contributed by atoms with E-state index in [0.717, 1.165) is 28.4 Å². The number of nitrogens with zero attached hydrogens (tertiary/aromatic N) is 2. The second-order valence-corrected chi connectivity index (χ2v) is 5.59. The first kappa shape index (κ1) is 12.0. The lowest BCUT2D eigenvalue weighted by molar-refractivity contribution is 0.174. The van der Waals surface area contributed by atoms with Gasteiger partial charge in [-0.15, -0.1) is 0 Å². The third-order valence-corrected chi connectivity index (χ3v) is 4.01. The smallest absolute Gasteiger partial charge is 0.231 e. The van der Waals surface area contributed by atoms with Crippen LogP contribution in [0.4, 0.5) is 0 Å². The zero-order valence-corrected chi connectivity index (χ0v) is 11.8. The van der Waals surface area contributed by atoms with Gasteiger partial charge in [0.25, 0.3) is 0 Å². The number of aromatic nitrogens is 2. The van der Waals surface area contributed by atoms with Gasteiger partial charge in [0.05, 0.1) is 5.02 Å². The highest BCUT2D eigenvalue weighted by atomic mass is 35.5. The Balaban J connectivity index is 1.80. The molecule has 5 heteroatoms. The molecule has 0 saturated heterocycles. The van der Waals surface area contributed by atoms with E-state index in [0.29, 0.717) is 16.7 Å². The van der Waals surface area contributed by atoms with Crippen molar-refractivity contribution in [2.24, 2.45) is 0 Å². The minimum atomic E-state index is 0.241. The minimum Gasteiger partial charge on any atom is -0.454 e. The predicted molar refractivity (Wildman–Crippen MR) is 75.3 cm³/mol. The van der Waals surface area contributed by atoms with Crippen LogP contribution < -0.4 is 9.47 Å². The molecule has 1 aromatic carbocycles. The summed E-state index contributed by atoms with van der Waals surface area (Å²) < 4.78 is 10.7. The van der Waals surface area contributed by atoms with E-state index in [1.165, 1.54) is 12.8 Å². The van der Waals surface area contributed by atoms with Crippen LogP contribution in [-0.4, -0.2) is 16.8 Å². The van der Waals surface area contributed by atoms with Crippen molar-refractivity contribution in [3.63, 3.8) is 0 Å². The number of benzene rings is 1. The van der Waals surface area contributed by atoms with Crippen molar-refractivity contribution in [3.05, 3.63) is 34.9 Å². The van der Waals surface area contributed by atoms with E-state index >= 15 is 0 Å². The van der Waals surface area contributed by atoms with Gasteiger partial charge in [0, 0.05) is 35.0 Å². The summed E-state index contributed by atoms with van der Waals surface area (Å²) in [6.45, 7) is 2.23. The zero-order valence-electron chi connectivity index (χ0n) is 11.0. The highest BCUT2D eigenvalue weighted by Gasteiger charge is 2.27. The van der Waals surface area contributed by atoms with Gasteiger partial charge >= 0.3 is 0 Å². The molecule has 1 aliphatic heterocycles. The monoisotopic (exact) mass is 288 g/mol. The van der Waals surface area contributed by atoms with Crippen molar-refractivity contribution in [2.75, 3.05) is 6.79 Å². The Kier molecular flexibility index (Phi) is 2.60. The van der Waals surface area contributed by atoms with Gasteiger partial charge in [-0.2, -0.15) is 0 Å². The van der Waals surface area contributed by atoms with E-state index in [4.69, 9.17) is 21.1 Å². The predicted octanol–water partition coefficient (Wildman–Crippen LogP) is 3.71. The largest absolute Gasteiger partial charge is 0.454 e. The molecule has 0 amide bonds. The highest BCUT2D eigenvalue weighted by Crippen LogP contribution is 2.42. The van der Waals surface area contributed by atoms with Crippen molar-refractivity contribution in [2.45, 2.75) is 25.7 Å². The molecule has 1 aliphatic carbocycles. The topological polar surface area (TPSA) is 44.2 Å². The van der Waals surface area contributed by atoms with E-state index < -0.39 is 0 Å². The number of fused-ring (bicyclic) bond motifs is 1. The number of hydrogen-bond donors (Lipinski definition) is 0. The van der Waals surface area contributed by atoms with E-state index in [1.54, 1.807) is 6.07 Å². The molecule has 1 saturated carbocycles. The Hall–Kier alpha value is -1.81. The molecule has 0 unspecified atom stereocenters. The fraction of sp³-hybridized carbons (Fsp3) is 0.333. The Bertz CT molecular complexity index is 699. The molecule has 102 valence electrons. The summed E-state index contributed by atoms with van der Waals surface area (Å²) in [5.41, 5.74) is 2.77. The maximum atomic E-state index is 6.34. The van der Waals surface area contributed by atoms with Gasteiger partial charge < -0.3 is 9.47 Å². The standard InChI is InChI=1S/C15H13ClN2O2/c1-8-11(6-17-15(18-8)9-2-3-9)10-4-13-14(5-12(10)16)20-7-19-13/h4-6,9H,2-3,7H2,1H3. The van der Waals surface area contributed by atoms with Crippen LogP contribution in [0.3, 0.4) is 0 Å². The average molecular weight is 289 g/mol. The molecular formula is C15H13ClN2O2. The minimum absolute atomic E-state index is 0.241. The summed E-state index contributed by atoms with van der Waals surface area (Å²) in [7, 11) is 0. The van der Waals surface area contributed by atoms with E-state index in [2.05, 4.69) is 9.97 Å². The second kappa shape index (κ2) is 4.35. The van der Waals surface area contributed by atoms with Gasteiger partial charge in [0.1, 0.15) is 5.82 Å². The molecule has 2 aliphatic rings. The Morgan fingerprint density at radius 2 is 1.90 bits per heavy atom. The van der Waals surface area contributed by atoms with Gasteiger partial charge in [-0.05, 0) is 25.8 Å². The normalized spacial score (nSPS) is 16.5. The molecule has 0 atom stereocenters. The lowest BCUT2D eigenvalue weighted by Crippen LogP contribution is -1.97. The first-order chi connectivity index (χ1) is 9.72. The number of rotatable bonds is 2. The molecular weight excluding hydrogens is 276 g/mol. The van der Waals surface area contributed by atoms with E-state index in [1.807, 2.05) is 19.2 Å². The summed E-state index contributed by atoms with van der Waals surface area (Å²) in [5, 5.41) is 0.625. The van der Waals surface area contributed by atoms with Crippen molar-refractivity contribution in [3.8, 4) is 22.6 Å². The van der Waals surface area contributed by atoms with Crippen LogP contribution in [0, 0.1) is 6.92 Å². The van der Waals surface area contributed by atoms with Gasteiger partial charge in [-0.3, -0.25) is 0 Å². The lowest BCUT2D eigenvalue weighted by atomic mass is 10.1. The van der Waals surface area contributed by atoms with Crippen molar-refractivity contribution in [1.29, 1.82) is 0 Å². The average Bonchev–Trinajstić information content (AvgIpc) is 3.18. The molecule has 2 aromatic rings. The quantitative estimate of drug-likeness (QED) is 0.845. The summed E-state index contributed by atoms with van der Waals surface area (Å²) in [6, 6.07) is 3.68. The van der Waals surface area contributed by atoms with Crippen LogP contribution in [0.25, 0.3) is 11.1 Å². The SMILES string of the molecule is Cc1nc(C2CC2)ncc1-c1cc2c(cc1Cl)OCO2. The Labute approximate surface area is 121 Å². The van der Waals surface area contributed by atoms with Crippen LogP contribution in [-0.2, 0) is 0 Å². The Morgan fingerprint density at radius 3 is 2.60 bits per heavy atom. The molecule has 0 radical (unpaired) electrons. The van der Waals surface area contributed by atoms with E-state index in [9.17, 15) is 0 Å². The summed E-state index contributed by atoms with van der Waals surface area (Å²) in [4.78, 5) is 9.08. The van der Waals surface area contributed by atoms with Crippen molar-refractivity contribution >= 4 is 11.6 Å². The molecule has 0 N–H and O–H groups in total. The lowest BCUT2D eigenvalue weighted by Gasteiger charge is -2.09. The fourth-order valence-electron chi connectivity index (χ4n) is 2.41. The van der Waals surface area contributed by atoms with Crippen LogP contribution in [0.5, 0.6) is 11.5 Å². The maximum absolute atomic E-state index is 6.34. The van der Waals surface area contributed by atoms with Gasteiger partial charge in [0.2, 0.25) is 6.79 Å². The highest BCUT2D eigenvalue weighted by molar-refractivity contribution is 6.33. The zero-order chi connectivity index (χ0) is 13.7. The van der Waals surface area contributed by atoms with Crippen LogP contribution in [0.15, 0.2) is 18.3 Å². The molecule has 4 rings (SSSR count). The third kappa shape index (κ3) is 1.91. The number of hydrogen-bond acceptors (Lipinski definition) is 4. The second-order valence-electron chi connectivity index (χ2n) is 5.19. The van der Waals surface area contributed by atoms with Crippen LogP contribution in [0.1, 0.15) is 30.3 Å². The summed E-state index contributed by atoms with van der Waals surface area (Å²) in [6.07, 6.45) is 4.26. The molecule has 20 heavy (non-hydrogen) atoms. The first-order valence-corrected chi connectivity index (χ1v) is 7.03. The van der Waals surface area contributed by atoms with Gasteiger partial charge in [-0.25, -0.2) is 9.97 Å². The third-order valence-electron chi connectivity index (χ3n) is 3.69. The number of halogens is 1. The van der Waals surface area contributed by atoms with Crippen molar-refractivity contribution in [1.82, 2.24) is 9.97 Å². The van der Waals surface area contributed by atoms with Crippen LogP contribution in [0.2, 0.25) is 5.02 Å². The van der Waals surface area contributed by atoms with Crippen LogP contribution >= 0.6 is 11.6 Å². The fourth-order valence-corrected chi connectivity index (χ4v) is 2.67. The molecule has 0 spiro atoms. The number of aryl methyl sites for hydroxylation is 1. The maximum Gasteiger partial charge on any atom is 0.231 e. The summed E-state index contributed by atoms with van der Waals surface area (Å²) >= 11 is 6.34. The van der Waals surface area contributed by atoms with Gasteiger partial charge in [0.15, 0.2) is 11.5 Å². The molecule has 2 heterocycles. The van der Waals surface area contributed by atoms with Gasteiger partial charge in [-0.1, -0.05) is 11.6 Å². The molecule has 0 bridgehead atoms.